The lowest BCUT2D eigenvalue weighted by Gasteiger charge is -2.35. The van der Waals surface area contributed by atoms with Gasteiger partial charge in [0.05, 0.1) is 31.1 Å². The third kappa shape index (κ3) is 5.75. The van der Waals surface area contributed by atoms with Crippen molar-refractivity contribution in [2.45, 2.75) is 13.0 Å². The predicted octanol–water partition coefficient (Wildman–Crippen LogP) is 1.19. The van der Waals surface area contributed by atoms with Crippen molar-refractivity contribution in [2.24, 2.45) is 0 Å². The highest BCUT2D eigenvalue weighted by Gasteiger charge is 2.33. The number of methoxy groups -OCH3 is 1. The van der Waals surface area contributed by atoms with Gasteiger partial charge in [-0.3, -0.25) is 9.69 Å². The summed E-state index contributed by atoms with van der Waals surface area (Å²) in [6.07, 6.45) is -1.48. The van der Waals surface area contributed by atoms with Gasteiger partial charge in [-0.2, -0.15) is 0 Å². The molecule has 1 N–H and O–H groups in total. The molecule has 2 heterocycles. The topological polar surface area (TPSA) is 101 Å². The van der Waals surface area contributed by atoms with Crippen LogP contribution in [0, 0.1) is 5.82 Å². The van der Waals surface area contributed by atoms with Crippen molar-refractivity contribution < 1.29 is 33.0 Å². The molecule has 3 amide bonds. The van der Waals surface area contributed by atoms with E-state index < -0.39 is 24.1 Å². The number of piperazine rings is 1. The number of anilines is 2. The smallest absolute Gasteiger partial charge is 0.414 e. The molecule has 1 aromatic carbocycles. The van der Waals surface area contributed by atoms with Gasteiger partial charge in [0, 0.05) is 40.2 Å². The van der Waals surface area contributed by atoms with Crippen LogP contribution in [0.2, 0.25) is 0 Å². The Bertz CT molecular complexity index is 815. The summed E-state index contributed by atoms with van der Waals surface area (Å²) in [6, 6.07) is 4.57. The van der Waals surface area contributed by atoms with Crippen molar-refractivity contribution in [1.82, 2.24) is 10.2 Å². The number of hydrogen-bond acceptors (Lipinski definition) is 7. The first-order valence-corrected chi connectivity index (χ1v) is 10.1. The summed E-state index contributed by atoms with van der Waals surface area (Å²) < 4.78 is 30.0. The highest BCUT2D eigenvalue weighted by molar-refractivity contribution is 5.90. The number of cyclic esters (lactones) is 1. The molecule has 3 rings (SSSR count). The summed E-state index contributed by atoms with van der Waals surface area (Å²) in [4.78, 5) is 39.9. The zero-order valence-electron chi connectivity index (χ0n) is 17.6. The van der Waals surface area contributed by atoms with E-state index in [9.17, 15) is 18.8 Å². The van der Waals surface area contributed by atoms with Gasteiger partial charge in [0.15, 0.2) is 0 Å². The first-order valence-electron chi connectivity index (χ1n) is 10.1. The average Bonchev–Trinajstić information content (AvgIpc) is 3.13. The maximum Gasteiger partial charge on any atom is 0.414 e. The second-order valence-electron chi connectivity index (χ2n) is 7.27. The molecular formula is C20H27FN4O6. The van der Waals surface area contributed by atoms with Gasteiger partial charge < -0.3 is 29.3 Å². The SMILES string of the molecule is COCCOC(=O)N1CCN(c2ccc(N3CC(CNC(C)=O)OC3=O)cc2F)CC1. The fourth-order valence-corrected chi connectivity index (χ4v) is 3.45. The second kappa shape index (κ2) is 10.3. The van der Waals surface area contributed by atoms with Crippen LogP contribution in [0.4, 0.5) is 25.4 Å². The highest BCUT2D eigenvalue weighted by Crippen LogP contribution is 2.28. The van der Waals surface area contributed by atoms with Crippen LogP contribution < -0.4 is 15.1 Å². The van der Waals surface area contributed by atoms with E-state index in [0.717, 1.165) is 0 Å². The van der Waals surface area contributed by atoms with Crippen molar-refractivity contribution in [2.75, 3.05) is 69.4 Å². The number of benzene rings is 1. The van der Waals surface area contributed by atoms with Crippen LogP contribution >= 0.6 is 0 Å². The molecule has 0 radical (unpaired) electrons. The van der Waals surface area contributed by atoms with Crippen molar-refractivity contribution in [3.8, 4) is 0 Å². The van der Waals surface area contributed by atoms with Crippen LogP contribution in [0.1, 0.15) is 6.92 Å². The summed E-state index contributed by atoms with van der Waals surface area (Å²) >= 11 is 0. The molecule has 0 spiro atoms. The van der Waals surface area contributed by atoms with Gasteiger partial charge in [-0.15, -0.1) is 0 Å². The number of amides is 3. The van der Waals surface area contributed by atoms with Crippen LogP contribution in [-0.4, -0.2) is 88.7 Å². The molecule has 0 bridgehead atoms. The number of hydrogen-bond donors (Lipinski definition) is 1. The summed E-state index contributed by atoms with van der Waals surface area (Å²) in [5, 5.41) is 2.60. The normalized spacial score (nSPS) is 18.7. The standard InChI is InChI=1S/C20H27FN4O6/c1-14(26)22-12-16-13-25(20(28)31-16)15-3-4-18(17(21)11-15)23-5-7-24(8-6-23)19(27)30-10-9-29-2/h3-4,11,16H,5-10,12-13H2,1-2H3,(H,22,26). The first-order chi connectivity index (χ1) is 14.9. The third-order valence-corrected chi connectivity index (χ3v) is 5.09. The van der Waals surface area contributed by atoms with Gasteiger partial charge in [-0.1, -0.05) is 0 Å². The molecule has 2 saturated heterocycles. The number of carbonyl (C=O) groups is 3. The monoisotopic (exact) mass is 438 g/mol. The van der Waals surface area contributed by atoms with Gasteiger partial charge in [0.2, 0.25) is 5.91 Å². The maximum atomic E-state index is 14.8. The molecule has 0 saturated carbocycles. The number of carbonyl (C=O) groups excluding carboxylic acids is 3. The molecule has 10 nitrogen and oxygen atoms in total. The van der Waals surface area contributed by atoms with Crippen molar-refractivity contribution in [3.05, 3.63) is 24.0 Å². The molecule has 31 heavy (non-hydrogen) atoms. The Morgan fingerprint density at radius 1 is 1.23 bits per heavy atom. The number of halogens is 1. The Balaban J connectivity index is 1.56. The quantitative estimate of drug-likeness (QED) is 0.639. The Kier molecular flexibility index (Phi) is 7.50. The minimum Gasteiger partial charge on any atom is -0.447 e. The predicted molar refractivity (Wildman–Crippen MR) is 110 cm³/mol. The molecular weight excluding hydrogens is 411 g/mol. The van der Waals surface area contributed by atoms with Crippen LogP contribution in [0.5, 0.6) is 0 Å². The Labute approximate surface area is 179 Å². The van der Waals surface area contributed by atoms with Gasteiger partial charge >= 0.3 is 12.2 Å². The third-order valence-electron chi connectivity index (χ3n) is 5.09. The fourth-order valence-electron chi connectivity index (χ4n) is 3.45. The Morgan fingerprint density at radius 3 is 2.61 bits per heavy atom. The number of rotatable bonds is 7. The summed E-state index contributed by atoms with van der Waals surface area (Å²) in [7, 11) is 1.53. The molecule has 170 valence electrons. The molecule has 11 heteroatoms. The molecule has 1 unspecified atom stereocenters. The lowest BCUT2D eigenvalue weighted by molar-refractivity contribution is -0.119. The van der Waals surface area contributed by atoms with Crippen LogP contribution in [0.25, 0.3) is 0 Å². The zero-order chi connectivity index (χ0) is 22.4. The average molecular weight is 438 g/mol. The molecule has 2 fully saturated rings. The summed E-state index contributed by atoms with van der Waals surface area (Å²) in [6.45, 7) is 4.08. The van der Waals surface area contributed by atoms with E-state index in [2.05, 4.69) is 5.32 Å². The number of ether oxygens (including phenoxy) is 3. The lowest BCUT2D eigenvalue weighted by atomic mass is 10.2. The molecule has 0 aromatic heterocycles. The second-order valence-corrected chi connectivity index (χ2v) is 7.27. The number of nitrogens with one attached hydrogen (secondary N) is 1. The molecule has 1 atom stereocenters. The molecule has 1 aromatic rings. The van der Waals surface area contributed by atoms with E-state index in [1.807, 2.05) is 4.90 Å². The van der Waals surface area contributed by atoms with Crippen LogP contribution in [0.3, 0.4) is 0 Å². The molecule has 0 aliphatic carbocycles. The lowest BCUT2D eigenvalue weighted by Crippen LogP contribution is -2.49. The maximum absolute atomic E-state index is 14.8. The van der Waals surface area contributed by atoms with Gasteiger partial charge in [-0.05, 0) is 18.2 Å². The highest BCUT2D eigenvalue weighted by atomic mass is 19.1. The molecule has 2 aliphatic heterocycles. The Hall–Kier alpha value is -3.08. The van der Waals surface area contributed by atoms with Gasteiger partial charge in [0.25, 0.3) is 0 Å². The van der Waals surface area contributed by atoms with Gasteiger partial charge in [0.1, 0.15) is 18.5 Å². The zero-order valence-corrected chi connectivity index (χ0v) is 17.6. The van der Waals surface area contributed by atoms with Crippen LogP contribution in [-0.2, 0) is 19.0 Å². The summed E-state index contributed by atoms with van der Waals surface area (Å²) in [5.41, 5.74) is 0.787. The molecule has 2 aliphatic rings. The minimum atomic E-state index is -0.580. The summed E-state index contributed by atoms with van der Waals surface area (Å²) in [5.74, 6) is -0.681. The van der Waals surface area contributed by atoms with E-state index in [-0.39, 0.29) is 25.6 Å². The van der Waals surface area contributed by atoms with Gasteiger partial charge in [-0.25, -0.2) is 14.0 Å². The first kappa shape index (κ1) is 22.6. The van der Waals surface area contributed by atoms with Crippen molar-refractivity contribution >= 4 is 29.5 Å². The Morgan fingerprint density at radius 2 is 1.97 bits per heavy atom. The number of nitrogens with zero attached hydrogens (tertiary/aromatic N) is 3. The van der Waals surface area contributed by atoms with E-state index in [0.29, 0.717) is 44.2 Å². The van der Waals surface area contributed by atoms with E-state index >= 15 is 0 Å². The van der Waals surface area contributed by atoms with Crippen molar-refractivity contribution in [1.29, 1.82) is 0 Å². The van der Waals surface area contributed by atoms with Crippen LogP contribution in [0.15, 0.2) is 18.2 Å². The van der Waals surface area contributed by atoms with Crippen molar-refractivity contribution in [3.63, 3.8) is 0 Å². The van der Waals surface area contributed by atoms with E-state index in [1.54, 1.807) is 17.0 Å². The largest absolute Gasteiger partial charge is 0.447 e. The fraction of sp³-hybridized carbons (Fsp3) is 0.550. The van der Waals surface area contributed by atoms with E-state index in [1.165, 1.54) is 25.0 Å². The minimum absolute atomic E-state index is 0.191. The van der Waals surface area contributed by atoms with E-state index in [4.69, 9.17) is 14.2 Å².